The molecule has 0 aliphatic carbocycles. The third-order valence-corrected chi connectivity index (χ3v) is 10.5. The summed E-state index contributed by atoms with van der Waals surface area (Å²) < 4.78 is 131. The summed E-state index contributed by atoms with van der Waals surface area (Å²) in [6, 6.07) is 42.0. The molecule has 0 saturated heterocycles. The zero-order chi connectivity index (χ0) is 42.7. The molecule has 0 radical (unpaired) electrons. The molecule has 0 amide bonds. The van der Waals surface area contributed by atoms with Gasteiger partial charge in [0.25, 0.3) is 0 Å². The maximum Gasteiger partial charge on any atom is 0.416 e. The number of aromatic nitrogens is 3. The maximum absolute atomic E-state index is 14.4. The maximum atomic E-state index is 14.4. The van der Waals surface area contributed by atoms with Crippen LogP contribution < -0.4 is 0 Å². The fourth-order valence-electron chi connectivity index (χ4n) is 7.65. The van der Waals surface area contributed by atoms with Crippen LogP contribution in [0.15, 0.2) is 170 Å². The monoisotopic (exact) mass is 829 g/mol. The lowest BCUT2D eigenvalue weighted by Gasteiger charge is -2.22. The quantitative estimate of drug-likeness (QED) is 0.156. The SMILES string of the molecule is FC(F)(F)c1cccc(-c2cc(-c3nc(-c4ccccc4)cc(-c4ccccc4)n3)cc(-c3cccc(C(F)(F)F)c3)c2-n2c3ccccc3c3cc(C(F)(F)F)ccc32)c1. The van der Waals surface area contributed by atoms with Gasteiger partial charge in [0.2, 0.25) is 0 Å². The molecule has 0 unspecified atom stereocenters. The van der Waals surface area contributed by atoms with Crippen LogP contribution in [0.25, 0.3) is 83.6 Å². The molecule has 61 heavy (non-hydrogen) atoms. The van der Waals surface area contributed by atoms with Gasteiger partial charge in [-0.1, -0.05) is 103 Å². The van der Waals surface area contributed by atoms with Crippen molar-refractivity contribution in [3.63, 3.8) is 0 Å². The van der Waals surface area contributed by atoms with Crippen molar-refractivity contribution in [1.82, 2.24) is 14.5 Å². The van der Waals surface area contributed by atoms with E-state index in [2.05, 4.69) is 0 Å². The number of nitrogens with zero attached hydrogens (tertiary/aromatic N) is 3. The summed E-state index contributed by atoms with van der Waals surface area (Å²) >= 11 is 0. The summed E-state index contributed by atoms with van der Waals surface area (Å²) in [6.45, 7) is 0. The van der Waals surface area contributed by atoms with Gasteiger partial charge in [0, 0.05) is 38.6 Å². The van der Waals surface area contributed by atoms with E-state index in [-0.39, 0.29) is 50.2 Å². The Labute approximate surface area is 342 Å². The van der Waals surface area contributed by atoms with Gasteiger partial charge in [-0.2, -0.15) is 39.5 Å². The van der Waals surface area contributed by atoms with E-state index in [1.54, 1.807) is 47.0 Å². The van der Waals surface area contributed by atoms with E-state index < -0.39 is 35.2 Å². The summed E-state index contributed by atoms with van der Waals surface area (Å²) in [4.78, 5) is 9.85. The highest BCUT2D eigenvalue weighted by atomic mass is 19.4. The predicted molar refractivity (Wildman–Crippen MR) is 219 cm³/mol. The Morgan fingerprint density at radius 2 is 0.787 bits per heavy atom. The van der Waals surface area contributed by atoms with Gasteiger partial charge < -0.3 is 4.57 Å². The largest absolute Gasteiger partial charge is 0.416 e. The van der Waals surface area contributed by atoms with Crippen molar-refractivity contribution in [1.29, 1.82) is 0 Å². The molecule has 302 valence electrons. The predicted octanol–water partition coefficient (Wildman–Crippen LogP) is 15.0. The van der Waals surface area contributed by atoms with Crippen LogP contribution >= 0.6 is 0 Å². The lowest BCUT2D eigenvalue weighted by atomic mass is 9.91. The molecule has 0 aliphatic rings. The zero-order valence-corrected chi connectivity index (χ0v) is 31.4. The van der Waals surface area contributed by atoms with Crippen molar-refractivity contribution in [2.75, 3.05) is 0 Å². The molecule has 0 atom stereocenters. The standard InChI is InChI=1S/C49H28F9N3/c50-47(51,52)34-17-9-15-31(23-34)38-25-33(46-59-41(29-11-3-1-4-12-29)28-42(60-46)30-13-5-2-6-14-30)26-39(32-16-10-18-35(24-32)48(53,54)55)45(38)61-43-20-8-7-19-37(43)40-27-36(49(56,57)58)21-22-44(40)61/h1-28H. The molecule has 9 aromatic rings. The third kappa shape index (κ3) is 7.50. The second kappa shape index (κ2) is 14.8. The fourth-order valence-corrected chi connectivity index (χ4v) is 7.65. The van der Waals surface area contributed by atoms with E-state index in [0.717, 1.165) is 47.5 Å². The van der Waals surface area contributed by atoms with Gasteiger partial charge in [-0.15, -0.1) is 0 Å². The van der Waals surface area contributed by atoms with E-state index in [0.29, 0.717) is 22.3 Å². The van der Waals surface area contributed by atoms with Crippen molar-refractivity contribution >= 4 is 21.8 Å². The van der Waals surface area contributed by atoms with Crippen molar-refractivity contribution in [3.8, 4) is 61.8 Å². The van der Waals surface area contributed by atoms with Crippen LogP contribution in [0.3, 0.4) is 0 Å². The average Bonchev–Trinajstić information content (AvgIpc) is 3.59. The first-order valence-corrected chi connectivity index (χ1v) is 18.8. The Balaban J connectivity index is 1.45. The molecule has 2 heterocycles. The highest BCUT2D eigenvalue weighted by molar-refractivity contribution is 6.11. The van der Waals surface area contributed by atoms with E-state index in [9.17, 15) is 39.5 Å². The molecule has 0 bridgehead atoms. The van der Waals surface area contributed by atoms with Gasteiger partial charge in [-0.05, 0) is 77.9 Å². The van der Waals surface area contributed by atoms with E-state index in [1.807, 2.05) is 60.7 Å². The van der Waals surface area contributed by atoms with Crippen LogP contribution in [0, 0.1) is 0 Å². The molecule has 12 heteroatoms. The van der Waals surface area contributed by atoms with Gasteiger partial charge >= 0.3 is 18.5 Å². The minimum Gasteiger partial charge on any atom is -0.308 e. The van der Waals surface area contributed by atoms with Gasteiger partial charge in [0.05, 0.1) is 44.8 Å². The molecular formula is C49H28F9N3. The topological polar surface area (TPSA) is 30.7 Å². The van der Waals surface area contributed by atoms with E-state index in [1.165, 1.54) is 30.3 Å². The zero-order valence-electron chi connectivity index (χ0n) is 31.4. The molecule has 0 spiro atoms. The highest BCUT2D eigenvalue weighted by Crippen LogP contribution is 2.46. The Kier molecular flexibility index (Phi) is 9.53. The Morgan fingerprint density at radius 3 is 1.30 bits per heavy atom. The second-order valence-electron chi connectivity index (χ2n) is 14.4. The third-order valence-electron chi connectivity index (χ3n) is 10.5. The Hall–Kier alpha value is -7.21. The Bertz CT molecular complexity index is 2960. The van der Waals surface area contributed by atoms with Crippen LogP contribution in [0.1, 0.15) is 16.7 Å². The summed E-state index contributed by atoms with van der Waals surface area (Å²) in [6.07, 6.45) is -14.3. The van der Waals surface area contributed by atoms with Crippen molar-refractivity contribution in [2.24, 2.45) is 0 Å². The Morgan fingerprint density at radius 1 is 0.344 bits per heavy atom. The molecule has 0 aliphatic heterocycles. The normalized spacial score (nSPS) is 12.3. The number of fused-ring (bicyclic) bond motifs is 3. The molecule has 9 rings (SSSR count). The van der Waals surface area contributed by atoms with E-state index in [4.69, 9.17) is 9.97 Å². The number of para-hydroxylation sites is 1. The van der Waals surface area contributed by atoms with Gasteiger partial charge in [0.15, 0.2) is 5.82 Å². The van der Waals surface area contributed by atoms with Crippen LogP contribution in [0.2, 0.25) is 0 Å². The molecule has 0 N–H and O–H groups in total. The second-order valence-corrected chi connectivity index (χ2v) is 14.4. The van der Waals surface area contributed by atoms with Crippen molar-refractivity contribution in [2.45, 2.75) is 18.5 Å². The highest BCUT2D eigenvalue weighted by Gasteiger charge is 2.34. The first-order valence-electron chi connectivity index (χ1n) is 18.8. The van der Waals surface area contributed by atoms with Gasteiger partial charge in [0.1, 0.15) is 0 Å². The molecule has 2 aromatic heterocycles. The van der Waals surface area contributed by atoms with Crippen LogP contribution in [-0.4, -0.2) is 14.5 Å². The molecule has 3 nitrogen and oxygen atoms in total. The van der Waals surface area contributed by atoms with E-state index >= 15 is 0 Å². The number of alkyl halides is 9. The summed E-state index contributed by atoms with van der Waals surface area (Å²) in [5, 5.41) is 0.551. The molecular weight excluding hydrogens is 802 g/mol. The summed E-state index contributed by atoms with van der Waals surface area (Å²) in [5.74, 6) is 0.116. The van der Waals surface area contributed by atoms with Crippen molar-refractivity contribution in [3.05, 3.63) is 187 Å². The molecule has 0 saturated carbocycles. The number of rotatable bonds is 6. The molecule has 7 aromatic carbocycles. The first-order chi connectivity index (χ1) is 29.1. The minimum atomic E-state index is -4.78. The first kappa shape index (κ1) is 39.3. The minimum absolute atomic E-state index is 0.0280. The fraction of sp³-hybridized carbons (Fsp3) is 0.0612. The number of halogens is 9. The number of hydrogen-bond acceptors (Lipinski definition) is 2. The molecule has 0 fully saturated rings. The van der Waals surface area contributed by atoms with Gasteiger partial charge in [-0.25, -0.2) is 9.97 Å². The number of hydrogen-bond donors (Lipinski definition) is 0. The van der Waals surface area contributed by atoms with Crippen LogP contribution in [0.5, 0.6) is 0 Å². The van der Waals surface area contributed by atoms with Crippen molar-refractivity contribution < 1.29 is 39.5 Å². The smallest absolute Gasteiger partial charge is 0.308 e. The number of benzene rings is 7. The summed E-state index contributed by atoms with van der Waals surface area (Å²) in [5.41, 5.74) is 0.781. The average molecular weight is 830 g/mol. The van der Waals surface area contributed by atoms with Gasteiger partial charge in [-0.3, -0.25) is 0 Å². The van der Waals surface area contributed by atoms with Crippen LogP contribution in [-0.2, 0) is 18.5 Å². The lowest BCUT2D eigenvalue weighted by Crippen LogP contribution is -2.07. The lowest BCUT2D eigenvalue weighted by molar-refractivity contribution is -0.138. The van der Waals surface area contributed by atoms with Crippen LogP contribution in [0.4, 0.5) is 39.5 Å². The summed E-state index contributed by atoms with van der Waals surface area (Å²) in [7, 11) is 0.